The van der Waals surface area contributed by atoms with E-state index in [4.69, 9.17) is 0 Å². The van der Waals surface area contributed by atoms with Crippen LogP contribution in [-0.4, -0.2) is 29.3 Å². The molecule has 2 aliphatic rings. The van der Waals surface area contributed by atoms with Crippen molar-refractivity contribution in [3.05, 3.63) is 59.2 Å². The van der Waals surface area contributed by atoms with Crippen molar-refractivity contribution in [1.82, 2.24) is 4.90 Å². The summed E-state index contributed by atoms with van der Waals surface area (Å²) in [4.78, 5) is 26.4. The SMILES string of the molecule is C[C@@H]1CCCN1Cc1ccc(C(=O)Nc2ccc3c(c2)CC(=O)N3)cc1. The Morgan fingerprint density at radius 2 is 2.04 bits per heavy atom. The van der Waals surface area contributed by atoms with Crippen LogP contribution in [-0.2, 0) is 17.8 Å². The Morgan fingerprint density at radius 3 is 2.77 bits per heavy atom. The van der Waals surface area contributed by atoms with Crippen LogP contribution in [0.1, 0.15) is 41.3 Å². The van der Waals surface area contributed by atoms with Gasteiger partial charge in [0.25, 0.3) is 5.91 Å². The molecule has 2 aromatic carbocycles. The van der Waals surface area contributed by atoms with Crippen LogP contribution < -0.4 is 10.6 Å². The van der Waals surface area contributed by atoms with Crippen LogP contribution in [0, 0.1) is 0 Å². The summed E-state index contributed by atoms with van der Waals surface area (Å²) >= 11 is 0. The van der Waals surface area contributed by atoms with Gasteiger partial charge >= 0.3 is 0 Å². The molecular weight excluding hydrogens is 326 g/mol. The fraction of sp³-hybridized carbons (Fsp3) is 0.333. The Bertz CT molecular complexity index is 845. The van der Waals surface area contributed by atoms with Crippen LogP contribution in [0.5, 0.6) is 0 Å². The quantitative estimate of drug-likeness (QED) is 0.889. The lowest BCUT2D eigenvalue weighted by molar-refractivity contribution is -0.115. The predicted octanol–water partition coefficient (Wildman–Crippen LogP) is 3.42. The average molecular weight is 349 g/mol. The topological polar surface area (TPSA) is 61.4 Å². The van der Waals surface area contributed by atoms with E-state index < -0.39 is 0 Å². The number of rotatable bonds is 4. The number of likely N-dealkylation sites (tertiary alicyclic amines) is 1. The highest BCUT2D eigenvalue weighted by molar-refractivity contribution is 6.05. The summed E-state index contributed by atoms with van der Waals surface area (Å²) in [5.41, 5.74) is 4.33. The molecule has 0 aliphatic carbocycles. The van der Waals surface area contributed by atoms with E-state index in [1.165, 1.54) is 18.4 Å². The van der Waals surface area contributed by atoms with Gasteiger partial charge in [0.05, 0.1) is 6.42 Å². The highest BCUT2D eigenvalue weighted by atomic mass is 16.2. The van der Waals surface area contributed by atoms with Crippen LogP contribution in [0.15, 0.2) is 42.5 Å². The van der Waals surface area contributed by atoms with Gasteiger partial charge in [-0.05, 0) is 67.8 Å². The van der Waals surface area contributed by atoms with Crippen molar-refractivity contribution >= 4 is 23.2 Å². The minimum atomic E-state index is -0.136. The third-order valence-corrected chi connectivity index (χ3v) is 5.28. The molecular formula is C21H23N3O2. The number of benzene rings is 2. The van der Waals surface area contributed by atoms with Gasteiger partial charge in [0.1, 0.15) is 0 Å². The van der Waals surface area contributed by atoms with E-state index in [0.29, 0.717) is 23.7 Å². The number of hydrogen-bond acceptors (Lipinski definition) is 3. The fourth-order valence-electron chi connectivity index (χ4n) is 3.73. The maximum atomic E-state index is 12.5. The standard InChI is InChI=1S/C21H23N3O2/c1-14-3-2-10-24(14)13-15-4-6-16(7-5-15)21(26)22-18-8-9-19-17(11-18)12-20(25)23-19/h4-9,11,14H,2-3,10,12-13H2,1H3,(H,22,26)(H,23,25)/t14-/m1/s1. The Balaban J connectivity index is 1.40. The minimum absolute atomic E-state index is 0.00798. The molecule has 0 aromatic heterocycles. The van der Waals surface area contributed by atoms with E-state index in [2.05, 4.69) is 22.5 Å². The Kier molecular flexibility index (Phi) is 4.47. The summed E-state index contributed by atoms with van der Waals surface area (Å²) in [5, 5.41) is 5.71. The highest BCUT2D eigenvalue weighted by Gasteiger charge is 2.20. The molecule has 5 nitrogen and oxygen atoms in total. The molecule has 0 saturated carbocycles. The zero-order valence-electron chi connectivity index (χ0n) is 14.9. The largest absolute Gasteiger partial charge is 0.326 e. The fourth-order valence-corrected chi connectivity index (χ4v) is 3.73. The van der Waals surface area contributed by atoms with Crippen LogP contribution in [0.3, 0.4) is 0 Å². The summed E-state index contributed by atoms with van der Waals surface area (Å²) in [6.07, 6.45) is 2.90. The lowest BCUT2D eigenvalue weighted by atomic mass is 10.1. The van der Waals surface area contributed by atoms with E-state index in [-0.39, 0.29) is 11.8 Å². The second-order valence-corrected chi connectivity index (χ2v) is 7.21. The van der Waals surface area contributed by atoms with Gasteiger partial charge in [0, 0.05) is 29.5 Å². The molecule has 1 atom stereocenters. The number of nitrogens with one attached hydrogen (secondary N) is 2. The number of anilines is 2. The second kappa shape index (κ2) is 6.92. The van der Waals surface area contributed by atoms with Crippen molar-refractivity contribution in [2.45, 2.75) is 38.8 Å². The molecule has 4 rings (SSSR count). The minimum Gasteiger partial charge on any atom is -0.326 e. The van der Waals surface area contributed by atoms with Gasteiger partial charge in [0.2, 0.25) is 5.91 Å². The number of nitrogens with zero attached hydrogens (tertiary/aromatic N) is 1. The molecule has 2 N–H and O–H groups in total. The molecule has 26 heavy (non-hydrogen) atoms. The third kappa shape index (κ3) is 3.48. The van der Waals surface area contributed by atoms with Gasteiger partial charge in [0.15, 0.2) is 0 Å². The molecule has 0 unspecified atom stereocenters. The number of fused-ring (bicyclic) bond motifs is 1. The highest BCUT2D eigenvalue weighted by Crippen LogP contribution is 2.26. The lowest BCUT2D eigenvalue weighted by Gasteiger charge is -2.20. The van der Waals surface area contributed by atoms with Gasteiger partial charge in [-0.3, -0.25) is 14.5 Å². The summed E-state index contributed by atoms with van der Waals surface area (Å²) < 4.78 is 0. The molecule has 2 aromatic rings. The van der Waals surface area contributed by atoms with Crippen molar-refractivity contribution < 1.29 is 9.59 Å². The number of amides is 2. The van der Waals surface area contributed by atoms with E-state index in [9.17, 15) is 9.59 Å². The number of carbonyl (C=O) groups excluding carboxylic acids is 2. The van der Waals surface area contributed by atoms with Crippen LogP contribution in [0.4, 0.5) is 11.4 Å². The van der Waals surface area contributed by atoms with E-state index in [0.717, 1.165) is 24.3 Å². The van der Waals surface area contributed by atoms with Crippen molar-refractivity contribution in [2.75, 3.05) is 17.2 Å². The summed E-state index contributed by atoms with van der Waals surface area (Å²) in [7, 11) is 0. The zero-order valence-corrected chi connectivity index (χ0v) is 14.9. The smallest absolute Gasteiger partial charge is 0.255 e. The molecule has 0 radical (unpaired) electrons. The molecule has 2 amide bonds. The molecule has 134 valence electrons. The molecule has 1 fully saturated rings. The van der Waals surface area contributed by atoms with Gasteiger partial charge < -0.3 is 10.6 Å². The van der Waals surface area contributed by atoms with Crippen molar-refractivity contribution in [3.8, 4) is 0 Å². The van der Waals surface area contributed by atoms with Gasteiger partial charge in [-0.1, -0.05) is 12.1 Å². The number of hydrogen-bond donors (Lipinski definition) is 2. The van der Waals surface area contributed by atoms with Gasteiger partial charge in [-0.2, -0.15) is 0 Å². The molecule has 0 bridgehead atoms. The zero-order chi connectivity index (χ0) is 18.1. The van der Waals surface area contributed by atoms with Crippen LogP contribution >= 0.6 is 0 Å². The molecule has 2 heterocycles. The van der Waals surface area contributed by atoms with Gasteiger partial charge in [-0.15, -0.1) is 0 Å². The van der Waals surface area contributed by atoms with Crippen LogP contribution in [0.2, 0.25) is 0 Å². The Labute approximate surface area is 153 Å². The molecule has 1 saturated heterocycles. The first kappa shape index (κ1) is 16.8. The molecule has 5 heteroatoms. The molecule has 2 aliphatic heterocycles. The average Bonchev–Trinajstić information content (AvgIpc) is 3.19. The molecule has 0 spiro atoms. The van der Waals surface area contributed by atoms with E-state index >= 15 is 0 Å². The van der Waals surface area contributed by atoms with E-state index in [1.807, 2.05) is 42.5 Å². The van der Waals surface area contributed by atoms with Crippen molar-refractivity contribution in [2.24, 2.45) is 0 Å². The lowest BCUT2D eigenvalue weighted by Crippen LogP contribution is -2.26. The van der Waals surface area contributed by atoms with Crippen molar-refractivity contribution in [1.29, 1.82) is 0 Å². The first-order valence-electron chi connectivity index (χ1n) is 9.15. The number of carbonyl (C=O) groups is 2. The first-order chi connectivity index (χ1) is 12.6. The van der Waals surface area contributed by atoms with Gasteiger partial charge in [-0.25, -0.2) is 0 Å². The Hall–Kier alpha value is -2.66. The van der Waals surface area contributed by atoms with E-state index in [1.54, 1.807) is 0 Å². The predicted molar refractivity (Wildman–Crippen MR) is 102 cm³/mol. The maximum Gasteiger partial charge on any atom is 0.255 e. The summed E-state index contributed by atoms with van der Waals surface area (Å²) in [5.74, 6) is -0.144. The maximum absolute atomic E-state index is 12.5. The monoisotopic (exact) mass is 349 g/mol. The Morgan fingerprint density at radius 1 is 1.23 bits per heavy atom. The summed E-state index contributed by atoms with van der Waals surface area (Å²) in [6, 6.07) is 14.0. The normalized spacial score (nSPS) is 19.3. The van der Waals surface area contributed by atoms with Crippen LogP contribution in [0.25, 0.3) is 0 Å². The third-order valence-electron chi connectivity index (χ3n) is 5.28. The second-order valence-electron chi connectivity index (χ2n) is 7.21. The summed E-state index contributed by atoms with van der Waals surface area (Å²) in [6.45, 7) is 4.36. The van der Waals surface area contributed by atoms with Crippen molar-refractivity contribution in [3.63, 3.8) is 0 Å². The first-order valence-corrected chi connectivity index (χ1v) is 9.15.